The molecule has 0 saturated heterocycles. The molecule has 0 aliphatic rings. The number of aryl methyl sites for hydroxylation is 1. The highest BCUT2D eigenvalue weighted by Crippen LogP contribution is 2.23. The summed E-state index contributed by atoms with van der Waals surface area (Å²) in [6.45, 7) is 4.70. The van der Waals surface area contributed by atoms with Crippen LogP contribution in [0.25, 0.3) is 0 Å². The van der Waals surface area contributed by atoms with Crippen molar-refractivity contribution in [3.8, 4) is 0 Å². The summed E-state index contributed by atoms with van der Waals surface area (Å²) >= 11 is 6.08. The van der Waals surface area contributed by atoms with Crippen molar-refractivity contribution >= 4 is 23.4 Å². The summed E-state index contributed by atoms with van der Waals surface area (Å²) in [4.78, 5) is 8.41. The fraction of sp³-hybridized carbons (Fsp3) is 0.455. The molecule has 2 aromatic rings. The number of nitrogens with one attached hydrogen (secondary N) is 2. The average Bonchev–Trinajstić information content (AvgIpc) is 2.80. The molecule has 0 bridgehead atoms. The quantitative estimate of drug-likeness (QED) is 0.871. The molecule has 1 unspecified atom stereocenters. The molecule has 0 aliphatic carbocycles. The van der Waals surface area contributed by atoms with Crippen LogP contribution in [0.5, 0.6) is 0 Å². The molecule has 2 rings (SSSR count). The van der Waals surface area contributed by atoms with Crippen LogP contribution in [-0.4, -0.2) is 31.3 Å². The molecule has 0 amide bonds. The van der Waals surface area contributed by atoms with Crippen LogP contribution in [-0.2, 0) is 7.05 Å². The highest BCUT2D eigenvalue weighted by Gasteiger charge is 2.14. The van der Waals surface area contributed by atoms with Gasteiger partial charge in [0, 0.05) is 13.6 Å². The molecule has 19 heavy (non-hydrogen) atoms. The van der Waals surface area contributed by atoms with Crippen LogP contribution < -0.4 is 10.6 Å². The van der Waals surface area contributed by atoms with Crippen LogP contribution in [0.1, 0.15) is 25.7 Å². The van der Waals surface area contributed by atoms with E-state index in [-0.39, 0.29) is 6.04 Å². The van der Waals surface area contributed by atoms with Crippen LogP contribution in [0.4, 0.5) is 11.8 Å². The number of hydrogen-bond acceptors (Lipinski definition) is 6. The molecule has 2 N–H and O–H groups in total. The van der Waals surface area contributed by atoms with Crippen molar-refractivity contribution < 1.29 is 0 Å². The summed E-state index contributed by atoms with van der Waals surface area (Å²) < 4.78 is 1.85. The SMILES string of the molecule is CCNc1ncc(Cl)c(NC(C)c2nncn2C)n1. The summed E-state index contributed by atoms with van der Waals surface area (Å²) in [5.74, 6) is 1.92. The lowest BCUT2D eigenvalue weighted by molar-refractivity contribution is 0.716. The Morgan fingerprint density at radius 1 is 1.47 bits per heavy atom. The van der Waals surface area contributed by atoms with Crippen molar-refractivity contribution in [1.29, 1.82) is 0 Å². The fourth-order valence-corrected chi connectivity index (χ4v) is 1.81. The van der Waals surface area contributed by atoms with Gasteiger partial charge in [-0.1, -0.05) is 11.6 Å². The molecule has 2 heterocycles. The lowest BCUT2D eigenvalue weighted by Crippen LogP contribution is -2.14. The maximum Gasteiger partial charge on any atom is 0.224 e. The molecule has 8 heteroatoms. The van der Waals surface area contributed by atoms with Crippen molar-refractivity contribution in [3.63, 3.8) is 0 Å². The van der Waals surface area contributed by atoms with E-state index in [2.05, 4.69) is 30.8 Å². The standard InChI is InChI=1S/C11H16ClN7/c1-4-13-11-14-5-8(12)9(17-11)16-7(2)10-18-15-6-19(10)3/h5-7H,4H2,1-3H3,(H2,13,14,16,17). The van der Waals surface area contributed by atoms with Crippen LogP contribution in [0.3, 0.4) is 0 Å². The van der Waals surface area contributed by atoms with Gasteiger partial charge >= 0.3 is 0 Å². The minimum Gasteiger partial charge on any atom is -0.359 e. The molecule has 7 nitrogen and oxygen atoms in total. The van der Waals surface area contributed by atoms with Crippen LogP contribution in [0.2, 0.25) is 5.02 Å². The molecule has 0 aromatic carbocycles. The topological polar surface area (TPSA) is 80.5 Å². The van der Waals surface area contributed by atoms with Gasteiger partial charge in [0.05, 0.1) is 12.2 Å². The minimum absolute atomic E-state index is 0.0608. The van der Waals surface area contributed by atoms with Crippen molar-refractivity contribution in [2.75, 3.05) is 17.2 Å². The Morgan fingerprint density at radius 2 is 2.26 bits per heavy atom. The Morgan fingerprint density at radius 3 is 2.89 bits per heavy atom. The molecule has 0 spiro atoms. The molecule has 2 aromatic heterocycles. The summed E-state index contributed by atoms with van der Waals surface area (Å²) in [6.07, 6.45) is 3.22. The molecule has 1 atom stereocenters. The molecular formula is C11H16ClN7. The van der Waals surface area contributed by atoms with E-state index in [1.165, 1.54) is 0 Å². The van der Waals surface area contributed by atoms with E-state index < -0.39 is 0 Å². The number of aromatic nitrogens is 5. The van der Waals surface area contributed by atoms with E-state index in [1.54, 1.807) is 12.5 Å². The van der Waals surface area contributed by atoms with Crippen LogP contribution in [0, 0.1) is 0 Å². The van der Waals surface area contributed by atoms with Crippen molar-refractivity contribution in [2.24, 2.45) is 7.05 Å². The average molecular weight is 282 g/mol. The summed E-state index contributed by atoms with van der Waals surface area (Å²) in [5, 5.41) is 14.6. The normalized spacial score (nSPS) is 12.2. The third-order valence-electron chi connectivity index (χ3n) is 2.57. The first-order valence-corrected chi connectivity index (χ1v) is 6.36. The van der Waals surface area contributed by atoms with Gasteiger partial charge in [0.2, 0.25) is 5.95 Å². The lowest BCUT2D eigenvalue weighted by atomic mass is 10.3. The smallest absolute Gasteiger partial charge is 0.224 e. The van der Waals surface area contributed by atoms with E-state index >= 15 is 0 Å². The van der Waals surface area contributed by atoms with Crippen molar-refractivity contribution in [2.45, 2.75) is 19.9 Å². The highest BCUT2D eigenvalue weighted by molar-refractivity contribution is 6.32. The lowest BCUT2D eigenvalue weighted by Gasteiger charge is -2.15. The van der Waals surface area contributed by atoms with Gasteiger partial charge in [-0.2, -0.15) is 4.98 Å². The number of nitrogens with zero attached hydrogens (tertiary/aromatic N) is 5. The summed E-state index contributed by atoms with van der Waals surface area (Å²) in [5.41, 5.74) is 0. The number of hydrogen-bond donors (Lipinski definition) is 2. The first kappa shape index (κ1) is 13.5. The second kappa shape index (κ2) is 5.83. The van der Waals surface area contributed by atoms with Crippen molar-refractivity contribution in [3.05, 3.63) is 23.4 Å². The zero-order chi connectivity index (χ0) is 13.8. The predicted octanol–water partition coefficient (Wildman–Crippen LogP) is 1.86. The predicted molar refractivity (Wildman–Crippen MR) is 74.2 cm³/mol. The van der Waals surface area contributed by atoms with Crippen LogP contribution >= 0.6 is 11.6 Å². The zero-order valence-corrected chi connectivity index (χ0v) is 11.8. The number of rotatable bonds is 5. The van der Waals surface area contributed by atoms with Gasteiger partial charge in [0.25, 0.3) is 0 Å². The third kappa shape index (κ3) is 3.11. The summed E-state index contributed by atoms with van der Waals surface area (Å²) in [6, 6.07) is -0.0608. The van der Waals surface area contributed by atoms with Gasteiger partial charge < -0.3 is 15.2 Å². The van der Waals surface area contributed by atoms with E-state index in [0.29, 0.717) is 16.8 Å². The minimum atomic E-state index is -0.0608. The molecule has 102 valence electrons. The second-order valence-corrected chi connectivity index (χ2v) is 4.49. The van der Waals surface area contributed by atoms with Gasteiger partial charge in [0.1, 0.15) is 11.3 Å². The highest BCUT2D eigenvalue weighted by atomic mass is 35.5. The summed E-state index contributed by atoms with van der Waals surface area (Å²) in [7, 11) is 1.89. The maximum absolute atomic E-state index is 6.08. The fourth-order valence-electron chi connectivity index (χ4n) is 1.67. The first-order valence-electron chi connectivity index (χ1n) is 5.98. The Hall–Kier alpha value is -1.89. The van der Waals surface area contributed by atoms with Gasteiger partial charge in [-0.25, -0.2) is 4.98 Å². The zero-order valence-electron chi connectivity index (χ0n) is 11.1. The molecule has 0 saturated carbocycles. The van der Waals surface area contributed by atoms with E-state index in [9.17, 15) is 0 Å². The van der Waals surface area contributed by atoms with Gasteiger partial charge in [-0.05, 0) is 13.8 Å². The van der Waals surface area contributed by atoms with E-state index in [0.717, 1.165) is 12.4 Å². The molecule has 0 fully saturated rings. The van der Waals surface area contributed by atoms with E-state index in [4.69, 9.17) is 11.6 Å². The Labute approximate surface area is 116 Å². The number of halogens is 1. The third-order valence-corrected chi connectivity index (χ3v) is 2.84. The Bertz CT molecular complexity index is 554. The monoisotopic (exact) mass is 281 g/mol. The van der Waals surface area contributed by atoms with E-state index in [1.807, 2.05) is 25.5 Å². The van der Waals surface area contributed by atoms with Gasteiger partial charge in [0.15, 0.2) is 11.6 Å². The Balaban J connectivity index is 2.18. The number of anilines is 2. The molecular weight excluding hydrogens is 266 g/mol. The van der Waals surface area contributed by atoms with Crippen molar-refractivity contribution in [1.82, 2.24) is 24.7 Å². The van der Waals surface area contributed by atoms with Gasteiger partial charge in [-0.15, -0.1) is 10.2 Å². The second-order valence-electron chi connectivity index (χ2n) is 4.09. The first-order chi connectivity index (χ1) is 9.11. The van der Waals surface area contributed by atoms with Gasteiger partial charge in [-0.3, -0.25) is 0 Å². The molecule has 0 aliphatic heterocycles. The Kier molecular flexibility index (Phi) is 4.16. The molecule has 0 radical (unpaired) electrons. The van der Waals surface area contributed by atoms with Crippen LogP contribution in [0.15, 0.2) is 12.5 Å². The largest absolute Gasteiger partial charge is 0.359 e. The maximum atomic E-state index is 6.08.